The molecule has 0 unspecified atom stereocenters. The van der Waals surface area contributed by atoms with E-state index in [0.29, 0.717) is 33.3 Å². The highest BCUT2D eigenvalue weighted by molar-refractivity contribution is 6.31. The second-order valence-electron chi connectivity index (χ2n) is 6.57. The summed E-state index contributed by atoms with van der Waals surface area (Å²) in [7, 11) is 0. The van der Waals surface area contributed by atoms with Crippen LogP contribution in [0.3, 0.4) is 0 Å². The van der Waals surface area contributed by atoms with Gasteiger partial charge in [0.1, 0.15) is 17.1 Å². The van der Waals surface area contributed by atoms with Gasteiger partial charge in [-0.2, -0.15) is 5.10 Å². The summed E-state index contributed by atoms with van der Waals surface area (Å²) in [6.45, 7) is 0. The third-order valence-electron chi connectivity index (χ3n) is 5.06. The Morgan fingerprint density at radius 1 is 1.07 bits per heavy atom. The highest BCUT2D eigenvalue weighted by atomic mass is 35.5. The van der Waals surface area contributed by atoms with E-state index in [9.17, 15) is 14.0 Å². The van der Waals surface area contributed by atoms with Crippen LogP contribution in [0.15, 0.2) is 48.7 Å². The maximum Gasteiger partial charge on any atom is 0.240 e. The molecule has 0 saturated heterocycles. The molecule has 2 aliphatic rings. The Balaban J connectivity index is 1.76. The third-order valence-corrected chi connectivity index (χ3v) is 5.30. The molecule has 27 heavy (non-hydrogen) atoms. The number of hydrogen-bond acceptors (Lipinski definition) is 3. The van der Waals surface area contributed by atoms with Gasteiger partial charge < -0.3 is 10.6 Å². The zero-order chi connectivity index (χ0) is 18.8. The van der Waals surface area contributed by atoms with Crippen LogP contribution in [-0.4, -0.2) is 21.6 Å². The molecule has 1 spiro atoms. The van der Waals surface area contributed by atoms with Crippen LogP contribution in [0.25, 0.3) is 5.69 Å². The first-order chi connectivity index (χ1) is 13.0. The molecule has 0 saturated carbocycles. The summed E-state index contributed by atoms with van der Waals surface area (Å²) in [4.78, 5) is 25.5. The lowest BCUT2D eigenvalue weighted by Gasteiger charge is -2.31. The molecule has 6 nitrogen and oxygen atoms in total. The molecular formula is C19H12ClFN4O2. The molecular weight excluding hydrogens is 371 g/mol. The quantitative estimate of drug-likeness (QED) is 0.678. The van der Waals surface area contributed by atoms with Crippen molar-refractivity contribution in [3.63, 3.8) is 0 Å². The van der Waals surface area contributed by atoms with Crippen molar-refractivity contribution in [2.75, 3.05) is 10.6 Å². The lowest BCUT2D eigenvalue weighted by atomic mass is 9.72. The second-order valence-corrected chi connectivity index (χ2v) is 7.01. The van der Waals surface area contributed by atoms with Crippen LogP contribution < -0.4 is 10.6 Å². The van der Waals surface area contributed by atoms with Crippen molar-refractivity contribution in [1.29, 1.82) is 0 Å². The van der Waals surface area contributed by atoms with E-state index in [1.165, 1.54) is 16.8 Å². The number of benzene rings is 2. The fourth-order valence-electron chi connectivity index (χ4n) is 3.84. The molecule has 2 aromatic carbocycles. The van der Waals surface area contributed by atoms with Crippen molar-refractivity contribution in [2.24, 2.45) is 0 Å². The first-order valence-corrected chi connectivity index (χ1v) is 8.62. The topological polar surface area (TPSA) is 76.0 Å². The zero-order valence-electron chi connectivity index (χ0n) is 13.8. The standard InChI is InChI=1S/C19H12ClFN4O2/c20-10-1-6-15-13(7-10)19(18(27)23-15)8-16(26)24-17-14(19)9-22-25(17)12-4-2-11(21)3-5-12/h1-7,9H,8H2,(H,23,27)(H,24,26)/t19-/m0/s1. The predicted molar refractivity (Wildman–Crippen MR) is 97.6 cm³/mol. The lowest BCUT2D eigenvalue weighted by molar-refractivity contribution is -0.125. The van der Waals surface area contributed by atoms with Crippen LogP contribution in [0.1, 0.15) is 17.5 Å². The summed E-state index contributed by atoms with van der Waals surface area (Å²) in [5.41, 5.74) is 1.22. The van der Waals surface area contributed by atoms with Crippen LogP contribution in [0.4, 0.5) is 15.9 Å². The molecule has 0 fully saturated rings. The van der Waals surface area contributed by atoms with Crippen LogP contribution in [0.2, 0.25) is 5.02 Å². The Morgan fingerprint density at radius 2 is 1.85 bits per heavy atom. The van der Waals surface area contributed by atoms with Gasteiger partial charge in [-0.3, -0.25) is 9.59 Å². The summed E-state index contributed by atoms with van der Waals surface area (Å²) < 4.78 is 14.7. The fourth-order valence-corrected chi connectivity index (χ4v) is 4.02. The first kappa shape index (κ1) is 16.0. The molecule has 5 rings (SSSR count). The number of aromatic nitrogens is 2. The van der Waals surface area contributed by atoms with E-state index < -0.39 is 5.41 Å². The Bertz CT molecular complexity index is 1130. The van der Waals surface area contributed by atoms with Crippen molar-refractivity contribution in [2.45, 2.75) is 11.8 Å². The number of anilines is 2. The maximum atomic E-state index is 13.3. The minimum Gasteiger partial charge on any atom is -0.325 e. The van der Waals surface area contributed by atoms with Crippen LogP contribution >= 0.6 is 11.6 Å². The smallest absolute Gasteiger partial charge is 0.240 e. The molecule has 3 aromatic rings. The van der Waals surface area contributed by atoms with E-state index >= 15 is 0 Å². The molecule has 0 radical (unpaired) electrons. The van der Waals surface area contributed by atoms with Crippen molar-refractivity contribution in [1.82, 2.24) is 9.78 Å². The number of rotatable bonds is 1. The van der Waals surface area contributed by atoms with E-state index in [0.717, 1.165) is 0 Å². The number of hydrogen-bond donors (Lipinski definition) is 2. The number of halogens is 2. The van der Waals surface area contributed by atoms with E-state index in [1.807, 2.05) is 0 Å². The van der Waals surface area contributed by atoms with Gasteiger partial charge in [0.15, 0.2) is 0 Å². The van der Waals surface area contributed by atoms with E-state index in [1.54, 1.807) is 36.5 Å². The molecule has 0 aliphatic carbocycles. The third kappa shape index (κ3) is 2.15. The van der Waals surface area contributed by atoms with Gasteiger partial charge >= 0.3 is 0 Å². The van der Waals surface area contributed by atoms with Gasteiger partial charge in [-0.05, 0) is 48.0 Å². The summed E-state index contributed by atoms with van der Waals surface area (Å²) in [5, 5.41) is 10.5. The normalized spacial score (nSPS) is 20.2. The highest BCUT2D eigenvalue weighted by Crippen LogP contribution is 2.50. The Kier molecular flexibility index (Phi) is 3.21. The molecule has 2 N–H and O–H groups in total. The lowest BCUT2D eigenvalue weighted by Crippen LogP contribution is -2.43. The van der Waals surface area contributed by atoms with Crippen molar-refractivity contribution < 1.29 is 14.0 Å². The minimum absolute atomic E-state index is 0.0473. The molecule has 0 bridgehead atoms. The average Bonchev–Trinajstić information content (AvgIpc) is 3.17. The molecule has 2 amide bonds. The predicted octanol–water partition coefficient (Wildman–Crippen LogP) is 3.25. The number of carbonyl (C=O) groups is 2. The van der Waals surface area contributed by atoms with Gasteiger partial charge in [0.25, 0.3) is 0 Å². The number of fused-ring (bicyclic) bond motifs is 4. The average molecular weight is 383 g/mol. The summed E-state index contributed by atoms with van der Waals surface area (Å²) in [5.74, 6) is -0.594. The SMILES string of the molecule is O=C1C[C@@]2(C(=O)Nc3ccc(Cl)cc32)c2cnn(-c3ccc(F)cc3)c2N1. The van der Waals surface area contributed by atoms with Gasteiger partial charge in [0, 0.05) is 22.7 Å². The zero-order valence-corrected chi connectivity index (χ0v) is 14.5. The minimum atomic E-state index is -1.20. The second kappa shape index (κ2) is 5.40. The summed E-state index contributed by atoms with van der Waals surface area (Å²) in [6, 6.07) is 10.8. The van der Waals surface area contributed by atoms with E-state index in [2.05, 4.69) is 15.7 Å². The number of amides is 2. The van der Waals surface area contributed by atoms with Crippen LogP contribution in [0.5, 0.6) is 0 Å². The molecule has 1 aromatic heterocycles. The van der Waals surface area contributed by atoms with Gasteiger partial charge in [-0.1, -0.05) is 11.6 Å². The maximum absolute atomic E-state index is 13.3. The van der Waals surface area contributed by atoms with Crippen LogP contribution in [0, 0.1) is 5.82 Å². The molecule has 1 atom stereocenters. The Hall–Kier alpha value is -3.19. The van der Waals surface area contributed by atoms with E-state index in [4.69, 9.17) is 11.6 Å². The van der Waals surface area contributed by atoms with Crippen molar-refractivity contribution >= 4 is 34.9 Å². The Morgan fingerprint density at radius 3 is 2.63 bits per heavy atom. The summed E-state index contributed by atoms with van der Waals surface area (Å²) >= 11 is 6.16. The van der Waals surface area contributed by atoms with Crippen molar-refractivity contribution in [3.05, 3.63) is 70.6 Å². The highest BCUT2D eigenvalue weighted by Gasteiger charge is 2.54. The fraction of sp³-hybridized carbons (Fsp3) is 0.105. The Labute approximate surface area is 157 Å². The molecule has 3 heterocycles. The largest absolute Gasteiger partial charge is 0.325 e. The van der Waals surface area contributed by atoms with Gasteiger partial charge in [0.05, 0.1) is 11.9 Å². The molecule has 8 heteroatoms. The van der Waals surface area contributed by atoms with Gasteiger partial charge in [0.2, 0.25) is 11.8 Å². The first-order valence-electron chi connectivity index (χ1n) is 8.25. The van der Waals surface area contributed by atoms with Crippen LogP contribution in [-0.2, 0) is 15.0 Å². The monoisotopic (exact) mass is 382 g/mol. The van der Waals surface area contributed by atoms with Crippen molar-refractivity contribution in [3.8, 4) is 5.69 Å². The van der Waals surface area contributed by atoms with Gasteiger partial charge in [-0.25, -0.2) is 9.07 Å². The number of nitrogens with zero attached hydrogens (tertiary/aromatic N) is 2. The summed E-state index contributed by atoms with van der Waals surface area (Å²) in [6.07, 6.45) is 1.52. The van der Waals surface area contributed by atoms with Gasteiger partial charge in [-0.15, -0.1) is 0 Å². The molecule has 2 aliphatic heterocycles. The molecule has 134 valence electrons. The number of nitrogens with one attached hydrogen (secondary N) is 2. The number of carbonyl (C=O) groups excluding carboxylic acids is 2. The van der Waals surface area contributed by atoms with E-state index in [-0.39, 0.29) is 24.1 Å².